The van der Waals surface area contributed by atoms with Gasteiger partial charge in [-0.3, -0.25) is 19.4 Å². The molecule has 0 N–H and O–H groups in total. The first kappa shape index (κ1) is 18.4. The summed E-state index contributed by atoms with van der Waals surface area (Å²) in [7, 11) is 1.87. The molecular weight excluding hydrogens is 382 g/mol. The van der Waals surface area contributed by atoms with Crippen LogP contribution in [0.4, 0.5) is 5.69 Å². The fourth-order valence-corrected chi connectivity index (χ4v) is 4.98. The number of aryl methyl sites for hydroxylation is 1. The number of anilines is 1. The number of benzene rings is 1. The van der Waals surface area contributed by atoms with E-state index in [1.165, 1.54) is 16.2 Å². The molecule has 6 nitrogen and oxygen atoms in total. The van der Waals surface area contributed by atoms with E-state index in [1.807, 2.05) is 19.3 Å². The van der Waals surface area contributed by atoms with Crippen molar-refractivity contribution >= 4 is 23.4 Å². The van der Waals surface area contributed by atoms with Gasteiger partial charge in [-0.2, -0.15) is 5.10 Å². The first-order valence-corrected chi connectivity index (χ1v) is 10.8. The van der Waals surface area contributed by atoms with Gasteiger partial charge in [-0.1, -0.05) is 12.1 Å². The highest BCUT2D eigenvalue weighted by molar-refractivity contribution is 8.00. The fraction of sp³-hybridized carbons (Fsp3) is 0.318. The number of nitrogens with zero attached hydrogens (tertiary/aromatic N) is 5. The molecule has 29 heavy (non-hydrogen) atoms. The summed E-state index contributed by atoms with van der Waals surface area (Å²) in [6.07, 6.45) is 1.82. The van der Waals surface area contributed by atoms with Gasteiger partial charge in [0.25, 0.3) is 0 Å². The van der Waals surface area contributed by atoms with Crippen LogP contribution in [0.5, 0.6) is 0 Å². The Hall–Kier alpha value is -2.64. The average Bonchev–Trinajstić information content (AvgIpc) is 3.14. The molecule has 2 aromatic heterocycles. The number of rotatable bonds is 3. The summed E-state index contributed by atoms with van der Waals surface area (Å²) >= 11 is 1.63. The van der Waals surface area contributed by atoms with Gasteiger partial charge in [-0.25, -0.2) is 0 Å². The number of carbonyl (C=O) groups excluding carboxylic acids is 1. The molecule has 5 rings (SSSR count). The van der Waals surface area contributed by atoms with Crippen molar-refractivity contribution in [2.75, 3.05) is 24.2 Å². The van der Waals surface area contributed by atoms with Gasteiger partial charge in [0.05, 0.1) is 29.4 Å². The first-order chi connectivity index (χ1) is 14.1. The third kappa shape index (κ3) is 3.45. The standard InChI is InChI=1S/C22H23N5OS/c1-15-4-3-7-23-22(15)18-11-17-13-26(8-9-27(17)24-18)12-16-5-6-20-19(10-16)25(2)21(28)14-29-20/h3-7,10-11H,8-9,12-14H2,1-2H3. The molecule has 0 atom stereocenters. The van der Waals surface area contributed by atoms with Crippen LogP contribution in [-0.2, 0) is 24.4 Å². The van der Waals surface area contributed by atoms with E-state index in [1.54, 1.807) is 16.7 Å². The summed E-state index contributed by atoms with van der Waals surface area (Å²) in [6.45, 7) is 5.63. The Bertz CT molecular complexity index is 1090. The molecule has 0 saturated heterocycles. The fourth-order valence-electron chi connectivity index (χ4n) is 4.00. The van der Waals surface area contributed by atoms with Crippen LogP contribution in [0, 0.1) is 6.92 Å². The lowest BCUT2D eigenvalue weighted by atomic mass is 10.1. The van der Waals surface area contributed by atoms with Crippen molar-refractivity contribution in [3.05, 3.63) is 59.4 Å². The van der Waals surface area contributed by atoms with Crippen molar-refractivity contribution in [3.8, 4) is 11.4 Å². The molecule has 7 heteroatoms. The summed E-state index contributed by atoms with van der Waals surface area (Å²) < 4.78 is 2.11. The van der Waals surface area contributed by atoms with Crippen LogP contribution in [0.3, 0.4) is 0 Å². The maximum absolute atomic E-state index is 12.0. The molecule has 0 radical (unpaired) electrons. The zero-order valence-electron chi connectivity index (χ0n) is 16.6. The van der Waals surface area contributed by atoms with Crippen molar-refractivity contribution < 1.29 is 4.79 Å². The minimum absolute atomic E-state index is 0.166. The Morgan fingerprint density at radius 1 is 1.17 bits per heavy atom. The Morgan fingerprint density at radius 3 is 2.93 bits per heavy atom. The van der Waals surface area contributed by atoms with Gasteiger partial charge < -0.3 is 4.90 Å². The lowest BCUT2D eigenvalue weighted by Crippen LogP contribution is -2.34. The molecule has 3 aromatic rings. The number of hydrogen-bond acceptors (Lipinski definition) is 5. The normalized spacial score (nSPS) is 16.6. The van der Waals surface area contributed by atoms with Crippen molar-refractivity contribution in [1.29, 1.82) is 0 Å². The highest BCUT2D eigenvalue weighted by Crippen LogP contribution is 2.35. The van der Waals surface area contributed by atoms with Crippen LogP contribution in [-0.4, -0.2) is 44.9 Å². The van der Waals surface area contributed by atoms with Crippen LogP contribution < -0.4 is 4.90 Å². The highest BCUT2D eigenvalue weighted by atomic mass is 32.2. The van der Waals surface area contributed by atoms with Gasteiger partial charge >= 0.3 is 0 Å². The van der Waals surface area contributed by atoms with Gasteiger partial charge in [0.1, 0.15) is 5.69 Å². The Balaban J connectivity index is 1.34. The Morgan fingerprint density at radius 2 is 2.07 bits per heavy atom. The molecule has 1 amide bonds. The van der Waals surface area contributed by atoms with E-state index in [0.29, 0.717) is 5.75 Å². The topological polar surface area (TPSA) is 54.3 Å². The van der Waals surface area contributed by atoms with E-state index in [0.717, 1.165) is 48.8 Å². The van der Waals surface area contributed by atoms with Crippen LogP contribution >= 0.6 is 11.8 Å². The molecule has 0 saturated carbocycles. The lowest BCUT2D eigenvalue weighted by Gasteiger charge is -2.29. The van der Waals surface area contributed by atoms with E-state index in [-0.39, 0.29) is 5.91 Å². The second kappa shape index (κ2) is 7.31. The Kier molecular flexibility index (Phi) is 4.64. The Labute approximate surface area is 174 Å². The summed E-state index contributed by atoms with van der Waals surface area (Å²) in [5, 5.41) is 4.78. The molecule has 2 aliphatic heterocycles. The number of carbonyl (C=O) groups is 1. The van der Waals surface area contributed by atoms with E-state index in [2.05, 4.69) is 51.8 Å². The maximum Gasteiger partial charge on any atom is 0.237 e. The number of aromatic nitrogens is 3. The van der Waals surface area contributed by atoms with Gasteiger partial charge in [-0.15, -0.1) is 11.8 Å². The second-order valence-electron chi connectivity index (χ2n) is 7.67. The van der Waals surface area contributed by atoms with Crippen LogP contribution in [0.15, 0.2) is 47.5 Å². The predicted octanol–water partition coefficient (Wildman–Crippen LogP) is 3.34. The quantitative estimate of drug-likeness (QED) is 0.669. The maximum atomic E-state index is 12.0. The smallest absolute Gasteiger partial charge is 0.237 e. The van der Waals surface area contributed by atoms with E-state index in [4.69, 9.17) is 5.10 Å². The molecule has 148 valence electrons. The minimum atomic E-state index is 0.166. The lowest BCUT2D eigenvalue weighted by molar-refractivity contribution is -0.116. The molecule has 2 aliphatic rings. The molecule has 0 bridgehead atoms. The molecule has 1 aromatic carbocycles. The number of fused-ring (bicyclic) bond motifs is 2. The minimum Gasteiger partial charge on any atom is -0.314 e. The van der Waals surface area contributed by atoms with Gasteiger partial charge in [-0.05, 0) is 42.3 Å². The van der Waals surface area contributed by atoms with Gasteiger partial charge in [0, 0.05) is 37.8 Å². The summed E-state index contributed by atoms with van der Waals surface area (Å²) in [4.78, 5) is 21.9. The van der Waals surface area contributed by atoms with Crippen LogP contribution in [0.2, 0.25) is 0 Å². The van der Waals surface area contributed by atoms with E-state index < -0.39 is 0 Å². The van der Waals surface area contributed by atoms with Gasteiger partial charge in [0.15, 0.2) is 0 Å². The third-order valence-corrected chi connectivity index (χ3v) is 6.69. The molecule has 4 heterocycles. The SMILES string of the molecule is Cc1cccnc1-c1cc2n(n1)CCN(Cc1ccc3c(c1)N(C)C(=O)CS3)C2. The van der Waals surface area contributed by atoms with Crippen molar-refractivity contribution in [1.82, 2.24) is 19.7 Å². The molecular formula is C22H23N5OS. The summed E-state index contributed by atoms with van der Waals surface area (Å²) in [5.74, 6) is 0.690. The number of amides is 1. The van der Waals surface area contributed by atoms with Crippen molar-refractivity contribution in [2.24, 2.45) is 0 Å². The zero-order valence-corrected chi connectivity index (χ0v) is 17.4. The van der Waals surface area contributed by atoms with Crippen molar-refractivity contribution in [3.63, 3.8) is 0 Å². The average molecular weight is 406 g/mol. The van der Waals surface area contributed by atoms with Crippen LogP contribution in [0.1, 0.15) is 16.8 Å². The molecule has 0 aliphatic carbocycles. The second-order valence-corrected chi connectivity index (χ2v) is 8.68. The highest BCUT2D eigenvalue weighted by Gasteiger charge is 2.23. The number of thioether (sulfide) groups is 1. The molecule has 0 unspecified atom stereocenters. The summed E-state index contributed by atoms with van der Waals surface area (Å²) in [6, 6.07) is 12.7. The van der Waals surface area contributed by atoms with Crippen molar-refractivity contribution in [2.45, 2.75) is 31.5 Å². The third-order valence-electron chi connectivity index (χ3n) is 5.65. The summed E-state index contributed by atoms with van der Waals surface area (Å²) in [5.41, 5.74) is 6.53. The first-order valence-electron chi connectivity index (χ1n) is 9.82. The molecule has 0 fully saturated rings. The monoisotopic (exact) mass is 405 g/mol. The van der Waals surface area contributed by atoms with E-state index in [9.17, 15) is 4.79 Å². The predicted molar refractivity (Wildman–Crippen MR) is 115 cm³/mol. The molecule has 0 spiro atoms. The van der Waals surface area contributed by atoms with E-state index >= 15 is 0 Å². The largest absolute Gasteiger partial charge is 0.314 e. The van der Waals surface area contributed by atoms with Crippen LogP contribution in [0.25, 0.3) is 11.4 Å². The van der Waals surface area contributed by atoms with Gasteiger partial charge in [0.2, 0.25) is 5.91 Å². The zero-order chi connectivity index (χ0) is 20.0. The number of hydrogen-bond donors (Lipinski definition) is 0. The number of pyridine rings is 1.